The molecule has 0 saturated heterocycles. The molecule has 17 heavy (non-hydrogen) atoms. The van der Waals surface area contributed by atoms with Crippen LogP contribution in [0.1, 0.15) is 30.0 Å². The Hall–Kier alpha value is -1.55. The summed E-state index contributed by atoms with van der Waals surface area (Å²) in [6.07, 6.45) is 0.107. The first-order valence-corrected chi connectivity index (χ1v) is 5.44. The van der Waals surface area contributed by atoms with Crippen molar-refractivity contribution < 1.29 is 14.6 Å². The van der Waals surface area contributed by atoms with Crippen LogP contribution in [0.15, 0.2) is 12.1 Å². The van der Waals surface area contributed by atoms with Crippen molar-refractivity contribution in [3.8, 4) is 5.75 Å². The molecule has 1 aromatic carbocycles. The van der Waals surface area contributed by atoms with E-state index in [1.807, 2.05) is 13.8 Å². The number of carbonyl (C=O) groups is 1. The molecule has 0 spiro atoms. The normalized spacial score (nSPS) is 14.2. The van der Waals surface area contributed by atoms with E-state index in [-0.39, 0.29) is 18.1 Å². The van der Waals surface area contributed by atoms with Gasteiger partial charge in [-0.15, -0.1) is 0 Å². The summed E-state index contributed by atoms with van der Waals surface area (Å²) in [7, 11) is 1.34. The highest BCUT2D eigenvalue weighted by Crippen LogP contribution is 2.31. The molecular formula is C13H19NO3. The van der Waals surface area contributed by atoms with E-state index in [4.69, 9.17) is 5.73 Å². The fraction of sp³-hybridized carbons (Fsp3) is 0.462. The molecule has 0 aliphatic rings. The minimum absolute atomic E-state index is 0.107. The van der Waals surface area contributed by atoms with Crippen LogP contribution in [0, 0.1) is 13.8 Å². The van der Waals surface area contributed by atoms with Gasteiger partial charge in [0.05, 0.1) is 13.5 Å². The van der Waals surface area contributed by atoms with Gasteiger partial charge in [0, 0.05) is 5.54 Å². The number of hydrogen-bond acceptors (Lipinski definition) is 4. The Kier molecular flexibility index (Phi) is 3.78. The van der Waals surface area contributed by atoms with Gasteiger partial charge in [-0.2, -0.15) is 0 Å². The zero-order valence-electron chi connectivity index (χ0n) is 10.7. The monoisotopic (exact) mass is 237 g/mol. The molecule has 0 amide bonds. The third-order valence-electron chi connectivity index (χ3n) is 2.83. The first kappa shape index (κ1) is 13.5. The number of esters is 1. The molecule has 0 aliphatic heterocycles. The summed E-state index contributed by atoms with van der Waals surface area (Å²) in [6.45, 7) is 5.52. The number of methoxy groups -OCH3 is 1. The maximum absolute atomic E-state index is 11.3. The van der Waals surface area contributed by atoms with Crippen LogP contribution in [-0.4, -0.2) is 18.2 Å². The third-order valence-corrected chi connectivity index (χ3v) is 2.83. The van der Waals surface area contributed by atoms with Crippen molar-refractivity contribution in [3.05, 3.63) is 28.8 Å². The Morgan fingerprint density at radius 1 is 1.41 bits per heavy atom. The Balaban J connectivity index is 3.18. The Labute approximate surface area is 101 Å². The predicted molar refractivity (Wildman–Crippen MR) is 65.8 cm³/mol. The number of aromatic hydroxyl groups is 1. The smallest absolute Gasteiger partial charge is 0.307 e. The van der Waals surface area contributed by atoms with Crippen LogP contribution in [0.4, 0.5) is 0 Å². The lowest BCUT2D eigenvalue weighted by molar-refractivity contribution is -0.141. The lowest BCUT2D eigenvalue weighted by atomic mass is 9.83. The van der Waals surface area contributed by atoms with Gasteiger partial charge in [0.2, 0.25) is 0 Å². The second kappa shape index (κ2) is 4.75. The molecule has 0 aromatic heterocycles. The van der Waals surface area contributed by atoms with Crippen LogP contribution in [0.3, 0.4) is 0 Å². The number of benzene rings is 1. The van der Waals surface area contributed by atoms with Crippen molar-refractivity contribution in [1.29, 1.82) is 0 Å². The molecule has 1 aromatic rings. The highest BCUT2D eigenvalue weighted by Gasteiger charge is 2.28. The van der Waals surface area contributed by atoms with Gasteiger partial charge in [-0.1, -0.05) is 0 Å². The molecule has 94 valence electrons. The first-order chi connectivity index (χ1) is 7.77. The molecule has 3 N–H and O–H groups in total. The molecule has 0 radical (unpaired) electrons. The molecular weight excluding hydrogens is 218 g/mol. The highest BCUT2D eigenvalue weighted by atomic mass is 16.5. The lowest BCUT2D eigenvalue weighted by Crippen LogP contribution is -2.37. The summed E-state index contributed by atoms with van der Waals surface area (Å²) in [5.74, 6) is -0.139. The topological polar surface area (TPSA) is 72.5 Å². The maximum Gasteiger partial charge on any atom is 0.307 e. The largest absolute Gasteiger partial charge is 0.508 e. The summed E-state index contributed by atoms with van der Waals surface area (Å²) in [5, 5.41) is 9.48. The van der Waals surface area contributed by atoms with Crippen LogP contribution in [-0.2, 0) is 15.1 Å². The van der Waals surface area contributed by atoms with Gasteiger partial charge in [-0.3, -0.25) is 4.79 Å². The van der Waals surface area contributed by atoms with E-state index in [9.17, 15) is 9.90 Å². The summed E-state index contributed by atoms with van der Waals surface area (Å²) >= 11 is 0. The molecule has 4 nitrogen and oxygen atoms in total. The van der Waals surface area contributed by atoms with E-state index in [0.29, 0.717) is 0 Å². The molecule has 1 rings (SSSR count). The summed E-state index contributed by atoms with van der Waals surface area (Å²) < 4.78 is 4.64. The van der Waals surface area contributed by atoms with Gasteiger partial charge in [0.25, 0.3) is 0 Å². The molecule has 0 heterocycles. The fourth-order valence-corrected chi connectivity index (χ4v) is 2.30. The van der Waals surface area contributed by atoms with Crippen molar-refractivity contribution in [2.75, 3.05) is 7.11 Å². The Morgan fingerprint density at radius 2 is 1.88 bits per heavy atom. The zero-order chi connectivity index (χ0) is 13.2. The minimum atomic E-state index is -0.797. The number of nitrogens with two attached hydrogens (primary N) is 1. The first-order valence-electron chi connectivity index (χ1n) is 5.44. The van der Waals surface area contributed by atoms with Crippen LogP contribution in [0.5, 0.6) is 5.75 Å². The van der Waals surface area contributed by atoms with Crippen LogP contribution in [0.25, 0.3) is 0 Å². The SMILES string of the molecule is COC(=O)C[C@@](C)(N)c1c(C)cc(O)cc1C. The van der Waals surface area contributed by atoms with Crippen molar-refractivity contribution in [1.82, 2.24) is 0 Å². The number of phenols is 1. The summed E-state index contributed by atoms with van der Waals surface area (Å²) in [6, 6.07) is 3.29. The van der Waals surface area contributed by atoms with E-state index < -0.39 is 5.54 Å². The molecule has 0 bridgehead atoms. The number of carbonyl (C=O) groups excluding carboxylic acids is 1. The maximum atomic E-state index is 11.3. The third kappa shape index (κ3) is 2.97. The van der Waals surface area contributed by atoms with Gasteiger partial charge in [-0.25, -0.2) is 0 Å². The Morgan fingerprint density at radius 3 is 2.29 bits per heavy atom. The van der Waals surface area contributed by atoms with Crippen LogP contribution in [0.2, 0.25) is 0 Å². The number of phenolic OH excluding ortho intramolecular Hbond substituents is 1. The van der Waals surface area contributed by atoms with Gasteiger partial charge in [0.15, 0.2) is 0 Å². The van der Waals surface area contributed by atoms with Gasteiger partial charge in [0.1, 0.15) is 5.75 Å². The summed E-state index contributed by atoms with van der Waals surface area (Å²) in [4.78, 5) is 11.3. The number of aryl methyl sites for hydroxylation is 2. The Bertz CT molecular complexity index is 415. The van der Waals surface area contributed by atoms with Crippen molar-refractivity contribution in [3.63, 3.8) is 0 Å². The van der Waals surface area contributed by atoms with Crippen LogP contribution >= 0.6 is 0 Å². The summed E-state index contributed by atoms with van der Waals surface area (Å²) in [5.41, 5.74) is 8.01. The molecule has 0 aliphatic carbocycles. The average molecular weight is 237 g/mol. The van der Waals surface area contributed by atoms with Crippen molar-refractivity contribution >= 4 is 5.97 Å². The standard InChI is InChI=1S/C13H19NO3/c1-8-5-10(15)6-9(2)12(8)13(3,14)7-11(16)17-4/h5-6,15H,7,14H2,1-4H3/t13-/m1/s1. The van der Waals surface area contributed by atoms with E-state index in [0.717, 1.165) is 16.7 Å². The number of ether oxygens (including phenoxy) is 1. The molecule has 0 fully saturated rings. The minimum Gasteiger partial charge on any atom is -0.508 e. The zero-order valence-corrected chi connectivity index (χ0v) is 10.7. The number of rotatable bonds is 3. The van der Waals surface area contributed by atoms with E-state index in [1.165, 1.54) is 7.11 Å². The van der Waals surface area contributed by atoms with E-state index in [1.54, 1.807) is 19.1 Å². The quantitative estimate of drug-likeness (QED) is 0.785. The lowest BCUT2D eigenvalue weighted by Gasteiger charge is -2.28. The fourth-order valence-electron chi connectivity index (χ4n) is 2.30. The molecule has 1 atom stereocenters. The second-order valence-corrected chi connectivity index (χ2v) is 4.62. The van der Waals surface area contributed by atoms with Crippen molar-refractivity contribution in [2.24, 2.45) is 5.73 Å². The van der Waals surface area contributed by atoms with E-state index >= 15 is 0 Å². The molecule has 0 unspecified atom stereocenters. The van der Waals surface area contributed by atoms with E-state index in [2.05, 4.69) is 4.74 Å². The van der Waals surface area contributed by atoms with Crippen LogP contribution < -0.4 is 5.73 Å². The number of hydrogen-bond donors (Lipinski definition) is 2. The van der Waals surface area contributed by atoms with Gasteiger partial charge < -0.3 is 15.6 Å². The second-order valence-electron chi connectivity index (χ2n) is 4.62. The molecule has 0 saturated carbocycles. The van der Waals surface area contributed by atoms with Gasteiger partial charge >= 0.3 is 5.97 Å². The predicted octanol–water partition coefficient (Wildman–Crippen LogP) is 1.75. The average Bonchev–Trinajstić information content (AvgIpc) is 2.14. The van der Waals surface area contributed by atoms with Gasteiger partial charge in [-0.05, 0) is 49.6 Å². The highest BCUT2D eigenvalue weighted by molar-refractivity contribution is 5.71. The molecule has 4 heteroatoms. The van der Waals surface area contributed by atoms with Crippen molar-refractivity contribution in [2.45, 2.75) is 32.7 Å².